The third-order valence-electron chi connectivity index (χ3n) is 3.27. The van der Waals surface area contributed by atoms with Gasteiger partial charge in [-0.1, -0.05) is 42.5 Å². The molecular formula is C15H13N5O2. The molecule has 0 aliphatic heterocycles. The normalized spacial score (nSPS) is 12.0. The second-order valence-corrected chi connectivity index (χ2v) is 4.74. The molecule has 1 heterocycles. The maximum atomic E-state index is 10.8. The van der Waals surface area contributed by atoms with E-state index in [1.54, 1.807) is 12.1 Å². The van der Waals surface area contributed by atoms with E-state index in [4.69, 9.17) is 5.73 Å². The van der Waals surface area contributed by atoms with Crippen molar-refractivity contribution in [2.75, 3.05) is 0 Å². The van der Waals surface area contributed by atoms with Gasteiger partial charge in [0.2, 0.25) is 0 Å². The first-order chi connectivity index (χ1) is 10.6. The molecule has 0 radical (unpaired) electrons. The zero-order valence-electron chi connectivity index (χ0n) is 11.5. The van der Waals surface area contributed by atoms with Crippen molar-refractivity contribution in [3.05, 3.63) is 76.1 Å². The van der Waals surface area contributed by atoms with Crippen molar-refractivity contribution in [3.8, 4) is 11.4 Å². The highest BCUT2D eigenvalue weighted by Crippen LogP contribution is 2.23. The number of nitrogens with two attached hydrogens (primary N) is 1. The van der Waals surface area contributed by atoms with Crippen LogP contribution in [0.2, 0.25) is 0 Å². The van der Waals surface area contributed by atoms with Crippen LogP contribution >= 0.6 is 0 Å². The largest absolute Gasteiger partial charge is 0.318 e. The summed E-state index contributed by atoms with van der Waals surface area (Å²) in [5, 5.41) is 17.7. The van der Waals surface area contributed by atoms with Crippen LogP contribution in [0.4, 0.5) is 5.69 Å². The first kappa shape index (κ1) is 13.9. The average molecular weight is 295 g/mol. The predicted molar refractivity (Wildman–Crippen MR) is 80.9 cm³/mol. The molecule has 1 unspecified atom stereocenters. The molecule has 0 aliphatic rings. The molecule has 0 amide bonds. The zero-order chi connectivity index (χ0) is 15.5. The first-order valence-electron chi connectivity index (χ1n) is 6.63. The Balaban J connectivity index is 1.91. The molecule has 110 valence electrons. The molecule has 0 fully saturated rings. The predicted octanol–water partition coefficient (Wildman–Crippen LogP) is 2.43. The molecular weight excluding hydrogens is 282 g/mol. The molecule has 2 aromatic carbocycles. The highest BCUT2D eigenvalue weighted by molar-refractivity contribution is 5.58. The van der Waals surface area contributed by atoms with Crippen LogP contribution in [-0.4, -0.2) is 20.1 Å². The smallest absolute Gasteiger partial charge is 0.270 e. The van der Waals surface area contributed by atoms with Crippen molar-refractivity contribution in [2.24, 2.45) is 5.73 Å². The van der Waals surface area contributed by atoms with Gasteiger partial charge < -0.3 is 5.73 Å². The molecule has 3 rings (SSSR count). The minimum Gasteiger partial charge on any atom is -0.318 e. The summed E-state index contributed by atoms with van der Waals surface area (Å²) in [6, 6.07) is 15.2. The van der Waals surface area contributed by atoms with Gasteiger partial charge in [-0.3, -0.25) is 15.2 Å². The quantitative estimate of drug-likeness (QED) is 0.567. The van der Waals surface area contributed by atoms with E-state index >= 15 is 0 Å². The van der Waals surface area contributed by atoms with E-state index in [0.717, 1.165) is 5.56 Å². The van der Waals surface area contributed by atoms with E-state index in [9.17, 15) is 10.1 Å². The van der Waals surface area contributed by atoms with Crippen LogP contribution in [0.3, 0.4) is 0 Å². The highest BCUT2D eigenvalue weighted by Gasteiger charge is 2.15. The maximum absolute atomic E-state index is 10.8. The molecule has 7 nitrogen and oxygen atoms in total. The minimum absolute atomic E-state index is 0.00351. The molecule has 0 aliphatic carbocycles. The number of hydrogen-bond acceptors (Lipinski definition) is 5. The second-order valence-electron chi connectivity index (χ2n) is 4.74. The molecule has 7 heteroatoms. The van der Waals surface area contributed by atoms with Gasteiger partial charge in [-0.05, 0) is 5.56 Å². The van der Waals surface area contributed by atoms with Gasteiger partial charge in [0, 0.05) is 17.7 Å². The van der Waals surface area contributed by atoms with Crippen molar-refractivity contribution in [3.63, 3.8) is 0 Å². The standard InChI is InChI=1S/C15H13N5O2/c16-13(10-5-2-1-3-6-10)15-17-14(18-19-15)11-7-4-8-12(9-11)20(21)22/h1-9,13H,16H2,(H,17,18,19). The lowest BCUT2D eigenvalue weighted by atomic mass is 10.1. The van der Waals surface area contributed by atoms with Crippen molar-refractivity contribution >= 4 is 5.69 Å². The summed E-state index contributed by atoms with van der Waals surface area (Å²) in [5.41, 5.74) is 7.61. The number of benzene rings is 2. The summed E-state index contributed by atoms with van der Waals surface area (Å²) in [4.78, 5) is 14.7. The van der Waals surface area contributed by atoms with Crippen LogP contribution in [-0.2, 0) is 0 Å². The van der Waals surface area contributed by atoms with Gasteiger partial charge in [0.15, 0.2) is 5.82 Å². The van der Waals surface area contributed by atoms with E-state index in [1.165, 1.54) is 12.1 Å². The molecule has 22 heavy (non-hydrogen) atoms. The van der Waals surface area contributed by atoms with Crippen LogP contribution in [0.1, 0.15) is 17.4 Å². The van der Waals surface area contributed by atoms with E-state index in [2.05, 4.69) is 15.2 Å². The van der Waals surface area contributed by atoms with Gasteiger partial charge in [-0.25, -0.2) is 4.98 Å². The number of nitro groups is 1. The van der Waals surface area contributed by atoms with Gasteiger partial charge in [-0.2, -0.15) is 5.10 Å². The molecule has 0 saturated heterocycles. The van der Waals surface area contributed by atoms with Gasteiger partial charge in [-0.15, -0.1) is 0 Å². The van der Waals surface area contributed by atoms with Gasteiger partial charge in [0.25, 0.3) is 5.69 Å². The van der Waals surface area contributed by atoms with Crippen LogP contribution in [0.5, 0.6) is 0 Å². The van der Waals surface area contributed by atoms with Crippen molar-refractivity contribution < 1.29 is 4.92 Å². The number of nitrogens with zero attached hydrogens (tertiary/aromatic N) is 3. The molecule has 1 aromatic heterocycles. The Morgan fingerprint density at radius 2 is 1.91 bits per heavy atom. The van der Waals surface area contributed by atoms with Gasteiger partial charge >= 0.3 is 0 Å². The van der Waals surface area contributed by atoms with Gasteiger partial charge in [0.1, 0.15) is 5.82 Å². The number of aromatic nitrogens is 3. The summed E-state index contributed by atoms with van der Waals surface area (Å²) in [6.07, 6.45) is 0. The monoisotopic (exact) mass is 295 g/mol. The molecule has 3 N–H and O–H groups in total. The molecule has 3 aromatic rings. The highest BCUT2D eigenvalue weighted by atomic mass is 16.6. The summed E-state index contributed by atoms with van der Waals surface area (Å²) < 4.78 is 0. The number of hydrogen-bond donors (Lipinski definition) is 2. The van der Waals surface area contributed by atoms with Crippen molar-refractivity contribution in [1.29, 1.82) is 0 Å². The lowest BCUT2D eigenvalue weighted by molar-refractivity contribution is -0.384. The first-order valence-corrected chi connectivity index (χ1v) is 6.63. The topological polar surface area (TPSA) is 111 Å². The van der Waals surface area contributed by atoms with Crippen LogP contribution < -0.4 is 5.73 Å². The Labute approximate surface area is 126 Å². The Kier molecular flexibility index (Phi) is 3.63. The number of nitro benzene ring substituents is 1. The number of aromatic amines is 1. The third-order valence-corrected chi connectivity index (χ3v) is 3.27. The fourth-order valence-electron chi connectivity index (χ4n) is 2.12. The second kappa shape index (κ2) is 5.74. The van der Waals surface area contributed by atoms with Crippen molar-refractivity contribution in [1.82, 2.24) is 15.2 Å². The van der Waals surface area contributed by atoms with E-state index in [1.807, 2.05) is 30.3 Å². The zero-order valence-corrected chi connectivity index (χ0v) is 11.5. The lowest BCUT2D eigenvalue weighted by Gasteiger charge is -2.07. The molecule has 0 bridgehead atoms. The fraction of sp³-hybridized carbons (Fsp3) is 0.0667. The summed E-state index contributed by atoms with van der Waals surface area (Å²) in [7, 11) is 0. The van der Waals surface area contributed by atoms with E-state index in [-0.39, 0.29) is 5.69 Å². The number of rotatable bonds is 4. The summed E-state index contributed by atoms with van der Waals surface area (Å²) in [5.74, 6) is 0.887. The molecule has 0 saturated carbocycles. The van der Waals surface area contributed by atoms with Crippen LogP contribution in [0.25, 0.3) is 11.4 Å². The summed E-state index contributed by atoms with van der Waals surface area (Å²) >= 11 is 0. The number of non-ortho nitro benzene ring substituents is 1. The minimum atomic E-state index is -0.452. The number of nitrogens with one attached hydrogen (secondary N) is 1. The van der Waals surface area contributed by atoms with E-state index < -0.39 is 11.0 Å². The Morgan fingerprint density at radius 3 is 2.64 bits per heavy atom. The van der Waals surface area contributed by atoms with E-state index in [0.29, 0.717) is 17.2 Å². The molecule has 0 spiro atoms. The summed E-state index contributed by atoms with van der Waals surface area (Å²) in [6.45, 7) is 0. The Hall–Kier alpha value is -3.06. The lowest BCUT2D eigenvalue weighted by Crippen LogP contribution is -2.13. The SMILES string of the molecule is NC(c1ccccc1)c1nc(-c2cccc([N+](=O)[O-])c2)n[nH]1. The fourth-order valence-corrected chi connectivity index (χ4v) is 2.12. The Bertz CT molecular complexity index is 800. The maximum Gasteiger partial charge on any atom is 0.270 e. The third kappa shape index (κ3) is 2.70. The average Bonchev–Trinajstić information content (AvgIpc) is 3.05. The molecule has 1 atom stereocenters. The van der Waals surface area contributed by atoms with Crippen LogP contribution in [0, 0.1) is 10.1 Å². The van der Waals surface area contributed by atoms with Crippen LogP contribution in [0.15, 0.2) is 54.6 Å². The van der Waals surface area contributed by atoms with Gasteiger partial charge in [0.05, 0.1) is 11.0 Å². The van der Waals surface area contributed by atoms with Crippen molar-refractivity contribution in [2.45, 2.75) is 6.04 Å². The number of H-pyrrole nitrogens is 1. The Morgan fingerprint density at radius 1 is 1.14 bits per heavy atom.